The lowest BCUT2D eigenvalue weighted by Crippen LogP contribution is -2.47. The van der Waals surface area contributed by atoms with Crippen molar-refractivity contribution in [3.05, 3.63) is 35.9 Å². The van der Waals surface area contributed by atoms with Crippen LogP contribution in [0.1, 0.15) is 24.8 Å². The van der Waals surface area contributed by atoms with Crippen LogP contribution in [0.2, 0.25) is 0 Å². The molecule has 0 bridgehead atoms. The summed E-state index contributed by atoms with van der Waals surface area (Å²) < 4.78 is 0. The van der Waals surface area contributed by atoms with Crippen LogP contribution in [-0.4, -0.2) is 48.8 Å². The molecule has 1 aliphatic heterocycles. The third-order valence-corrected chi connectivity index (χ3v) is 3.84. The number of carbonyl (C=O) groups excluding carboxylic acids is 3. The van der Waals surface area contributed by atoms with E-state index in [4.69, 9.17) is 0 Å². The van der Waals surface area contributed by atoms with Gasteiger partial charge in [-0.25, -0.2) is 0 Å². The second-order valence-corrected chi connectivity index (χ2v) is 5.49. The fourth-order valence-corrected chi connectivity index (χ4v) is 2.62. The second kappa shape index (κ2) is 7.06. The maximum atomic E-state index is 12.0. The monoisotopic (exact) mass is 303 g/mol. The molecule has 1 aliphatic rings. The molecular formula is C16H21N3O3. The highest BCUT2D eigenvalue weighted by Crippen LogP contribution is 2.27. The molecule has 0 unspecified atom stereocenters. The van der Waals surface area contributed by atoms with Gasteiger partial charge in [-0.05, 0) is 12.5 Å². The quantitative estimate of drug-likeness (QED) is 0.818. The molecule has 2 rings (SSSR count). The lowest BCUT2D eigenvalue weighted by atomic mass is 9.99. The smallest absolute Gasteiger partial charge is 0.242 e. The molecule has 0 aromatic heterocycles. The summed E-state index contributed by atoms with van der Waals surface area (Å²) in [4.78, 5) is 36.9. The Bertz CT molecular complexity index is 559. The maximum absolute atomic E-state index is 12.0. The molecule has 2 N–H and O–H groups in total. The highest BCUT2D eigenvalue weighted by atomic mass is 16.2. The van der Waals surface area contributed by atoms with Crippen LogP contribution < -0.4 is 10.6 Å². The number of hydrogen-bond donors (Lipinski definition) is 2. The Morgan fingerprint density at radius 2 is 2.00 bits per heavy atom. The zero-order valence-corrected chi connectivity index (χ0v) is 12.8. The van der Waals surface area contributed by atoms with E-state index in [1.807, 2.05) is 30.3 Å². The van der Waals surface area contributed by atoms with Gasteiger partial charge in [0.15, 0.2) is 0 Å². The van der Waals surface area contributed by atoms with Gasteiger partial charge in [-0.3, -0.25) is 14.4 Å². The number of likely N-dealkylation sites (tertiary alicyclic amines) is 1. The van der Waals surface area contributed by atoms with Gasteiger partial charge in [0.25, 0.3) is 0 Å². The third kappa shape index (κ3) is 3.84. The Morgan fingerprint density at radius 3 is 2.64 bits per heavy atom. The molecule has 0 saturated carbocycles. The summed E-state index contributed by atoms with van der Waals surface area (Å²) in [6, 6.07) is 9.20. The van der Waals surface area contributed by atoms with Gasteiger partial charge in [0.05, 0.1) is 6.54 Å². The number of benzene rings is 1. The van der Waals surface area contributed by atoms with E-state index in [2.05, 4.69) is 10.6 Å². The number of likely N-dealkylation sites (N-methyl/N-ethyl adjacent to an activating group) is 1. The van der Waals surface area contributed by atoms with Crippen LogP contribution in [0.5, 0.6) is 0 Å². The minimum absolute atomic E-state index is 0.0104. The second-order valence-electron chi connectivity index (χ2n) is 5.49. The molecule has 118 valence electrons. The van der Waals surface area contributed by atoms with Crippen molar-refractivity contribution in [2.75, 3.05) is 20.1 Å². The zero-order chi connectivity index (χ0) is 16.1. The fraction of sp³-hybridized carbons (Fsp3) is 0.438. The average molecular weight is 303 g/mol. The van der Waals surface area contributed by atoms with Gasteiger partial charge in [-0.2, -0.15) is 0 Å². The van der Waals surface area contributed by atoms with Gasteiger partial charge in [-0.15, -0.1) is 0 Å². The Hall–Kier alpha value is -2.37. The molecule has 0 spiro atoms. The van der Waals surface area contributed by atoms with Crippen LogP contribution in [0.4, 0.5) is 0 Å². The van der Waals surface area contributed by atoms with Crippen LogP contribution >= 0.6 is 0 Å². The summed E-state index contributed by atoms with van der Waals surface area (Å²) in [5.41, 5.74) is 1.11. The molecule has 6 heteroatoms. The van der Waals surface area contributed by atoms with Crippen molar-refractivity contribution < 1.29 is 14.4 Å². The SMILES string of the molecule is CNC(=O)[C@@H](C)NC(=O)CN1C[C@@H](c2ccccc2)CC1=O. The predicted octanol–water partition coefficient (Wildman–Crippen LogP) is 0.253. The van der Waals surface area contributed by atoms with E-state index in [1.54, 1.807) is 11.8 Å². The van der Waals surface area contributed by atoms with Crippen molar-refractivity contribution in [2.45, 2.75) is 25.3 Å². The van der Waals surface area contributed by atoms with Crippen LogP contribution in [0.15, 0.2) is 30.3 Å². The van der Waals surface area contributed by atoms with Gasteiger partial charge in [0, 0.05) is 25.9 Å². The molecule has 3 amide bonds. The first kappa shape index (κ1) is 16.0. The van der Waals surface area contributed by atoms with E-state index >= 15 is 0 Å². The number of amides is 3. The standard InChI is InChI=1S/C16H21N3O3/c1-11(16(22)17-2)18-14(20)10-19-9-13(8-15(19)21)12-6-4-3-5-7-12/h3-7,11,13H,8-10H2,1-2H3,(H,17,22)(H,18,20)/t11-,13+/m1/s1. The first-order valence-electron chi connectivity index (χ1n) is 7.35. The Balaban J connectivity index is 1.90. The molecule has 2 atom stereocenters. The van der Waals surface area contributed by atoms with E-state index in [-0.39, 0.29) is 30.2 Å². The number of nitrogens with one attached hydrogen (secondary N) is 2. The van der Waals surface area contributed by atoms with Crippen molar-refractivity contribution in [1.82, 2.24) is 15.5 Å². The van der Waals surface area contributed by atoms with Crippen LogP contribution in [-0.2, 0) is 14.4 Å². The van der Waals surface area contributed by atoms with E-state index in [9.17, 15) is 14.4 Å². The third-order valence-electron chi connectivity index (χ3n) is 3.84. The van der Waals surface area contributed by atoms with Crippen LogP contribution in [0.25, 0.3) is 0 Å². The summed E-state index contributed by atoms with van der Waals surface area (Å²) in [5, 5.41) is 5.05. The highest BCUT2D eigenvalue weighted by Gasteiger charge is 2.31. The topological polar surface area (TPSA) is 78.5 Å². The minimum Gasteiger partial charge on any atom is -0.357 e. The normalized spacial score (nSPS) is 18.9. The number of nitrogens with zero attached hydrogens (tertiary/aromatic N) is 1. The number of hydrogen-bond acceptors (Lipinski definition) is 3. The van der Waals surface area contributed by atoms with Crippen LogP contribution in [0.3, 0.4) is 0 Å². The molecule has 1 saturated heterocycles. The number of carbonyl (C=O) groups is 3. The molecule has 1 fully saturated rings. The average Bonchev–Trinajstić information content (AvgIpc) is 2.88. The van der Waals surface area contributed by atoms with Gasteiger partial charge >= 0.3 is 0 Å². The molecule has 0 aliphatic carbocycles. The molecule has 1 heterocycles. The van der Waals surface area contributed by atoms with E-state index in [1.165, 1.54) is 7.05 Å². The van der Waals surface area contributed by atoms with E-state index in [0.717, 1.165) is 5.56 Å². The van der Waals surface area contributed by atoms with E-state index in [0.29, 0.717) is 13.0 Å². The van der Waals surface area contributed by atoms with Gasteiger partial charge in [0.2, 0.25) is 17.7 Å². The Morgan fingerprint density at radius 1 is 1.32 bits per heavy atom. The van der Waals surface area contributed by atoms with Gasteiger partial charge < -0.3 is 15.5 Å². The van der Waals surface area contributed by atoms with Crippen molar-refractivity contribution in [3.63, 3.8) is 0 Å². The summed E-state index contributed by atoms with van der Waals surface area (Å²) in [7, 11) is 1.51. The Labute approximate surface area is 129 Å². The zero-order valence-electron chi connectivity index (χ0n) is 12.8. The van der Waals surface area contributed by atoms with Crippen molar-refractivity contribution >= 4 is 17.7 Å². The highest BCUT2D eigenvalue weighted by molar-refractivity contribution is 5.90. The van der Waals surface area contributed by atoms with Gasteiger partial charge in [0.1, 0.15) is 6.04 Å². The largest absolute Gasteiger partial charge is 0.357 e. The number of rotatable bonds is 5. The fourth-order valence-electron chi connectivity index (χ4n) is 2.62. The molecule has 6 nitrogen and oxygen atoms in total. The van der Waals surface area contributed by atoms with Crippen molar-refractivity contribution in [1.29, 1.82) is 0 Å². The Kier molecular flexibility index (Phi) is 5.14. The first-order valence-corrected chi connectivity index (χ1v) is 7.35. The summed E-state index contributed by atoms with van der Waals surface area (Å²) in [6.45, 7) is 2.13. The molecule has 1 aromatic rings. The summed E-state index contributed by atoms with van der Waals surface area (Å²) in [5.74, 6) is -0.490. The molecule has 0 radical (unpaired) electrons. The van der Waals surface area contributed by atoms with Crippen molar-refractivity contribution in [3.8, 4) is 0 Å². The molecule has 22 heavy (non-hydrogen) atoms. The predicted molar refractivity (Wildman–Crippen MR) is 82.1 cm³/mol. The van der Waals surface area contributed by atoms with Crippen molar-refractivity contribution in [2.24, 2.45) is 0 Å². The maximum Gasteiger partial charge on any atom is 0.242 e. The summed E-state index contributed by atoms with van der Waals surface area (Å²) in [6.07, 6.45) is 0.419. The van der Waals surface area contributed by atoms with Crippen LogP contribution in [0, 0.1) is 0 Å². The lowest BCUT2D eigenvalue weighted by Gasteiger charge is -2.18. The summed E-state index contributed by atoms with van der Waals surface area (Å²) >= 11 is 0. The lowest BCUT2D eigenvalue weighted by molar-refractivity contribution is -0.134. The van der Waals surface area contributed by atoms with E-state index < -0.39 is 6.04 Å². The minimum atomic E-state index is -0.611. The van der Waals surface area contributed by atoms with Gasteiger partial charge in [-0.1, -0.05) is 30.3 Å². The molecule has 1 aromatic carbocycles. The molecular weight excluding hydrogens is 282 g/mol. The first-order chi connectivity index (χ1) is 10.5.